The van der Waals surface area contributed by atoms with Crippen molar-refractivity contribution in [3.8, 4) is 0 Å². The fourth-order valence-electron chi connectivity index (χ4n) is 3.73. The van der Waals surface area contributed by atoms with Gasteiger partial charge in [-0.25, -0.2) is 0 Å². The van der Waals surface area contributed by atoms with Gasteiger partial charge in [0.05, 0.1) is 5.60 Å². The highest BCUT2D eigenvalue weighted by molar-refractivity contribution is 6.60. The third kappa shape index (κ3) is 7.50. The quantitative estimate of drug-likeness (QED) is 0.355. The van der Waals surface area contributed by atoms with E-state index in [-0.39, 0.29) is 17.8 Å². The van der Waals surface area contributed by atoms with E-state index < -0.39 is 14.6 Å². The lowest BCUT2D eigenvalue weighted by Crippen LogP contribution is -2.57. The van der Waals surface area contributed by atoms with Gasteiger partial charge in [0.25, 0.3) is 0 Å². The second kappa shape index (κ2) is 9.27. The smallest absolute Gasteiger partial charge is 0.371 e. The average Bonchev–Trinajstić information content (AvgIpc) is 2.50. The van der Waals surface area contributed by atoms with Crippen LogP contribution in [0.4, 0.5) is 0 Å². The molecular formula is C24H38O4Si. The van der Waals surface area contributed by atoms with Gasteiger partial charge in [-0.3, -0.25) is 0 Å². The first-order valence-corrected chi connectivity index (χ1v) is 12.5. The molecule has 0 aliphatic heterocycles. The summed E-state index contributed by atoms with van der Waals surface area (Å²) in [6.07, 6.45) is -0.0540. The minimum atomic E-state index is -3.14. The SMILES string of the molecule is CC(C)O[Si](Cc1cccc2ccccc12)(OC(C)C)OC(C)(C)OC(C)(C)C. The Labute approximate surface area is 177 Å². The molecule has 0 N–H and O–H groups in total. The minimum absolute atomic E-state index is 0.0270. The van der Waals surface area contributed by atoms with E-state index in [2.05, 4.69) is 42.5 Å². The van der Waals surface area contributed by atoms with Gasteiger partial charge in [-0.1, -0.05) is 42.5 Å². The van der Waals surface area contributed by atoms with Crippen LogP contribution in [0.1, 0.15) is 67.9 Å². The third-order valence-corrected chi connectivity index (χ3v) is 7.35. The fraction of sp³-hybridized carbons (Fsp3) is 0.583. The maximum Gasteiger partial charge on any atom is 0.508 e. The van der Waals surface area contributed by atoms with Crippen LogP contribution in [0.5, 0.6) is 0 Å². The van der Waals surface area contributed by atoms with E-state index in [4.69, 9.17) is 18.0 Å². The zero-order valence-corrected chi connectivity index (χ0v) is 20.5. The van der Waals surface area contributed by atoms with Gasteiger partial charge < -0.3 is 18.0 Å². The van der Waals surface area contributed by atoms with Gasteiger partial charge in [-0.15, -0.1) is 0 Å². The summed E-state index contributed by atoms with van der Waals surface area (Å²) in [5, 5.41) is 2.40. The molecule has 0 aromatic heterocycles. The molecule has 2 aromatic carbocycles. The van der Waals surface area contributed by atoms with Crippen molar-refractivity contribution < 1.29 is 18.0 Å². The molecular weight excluding hydrogens is 380 g/mol. The first-order chi connectivity index (χ1) is 13.3. The van der Waals surface area contributed by atoms with Crippen molar-refractivity contribution in [3.63, 3.8) is 0 Å². The van der Waals surface area contributed by atoms with Gasteiger partial charge in [0, 0.05) is 18.3 Å². The first kappa shape index (κ1) is 24.0. The molecule has 0 bridgehead atoms. The molecule has 4 nitrogen and oxygen atoms in total. The summed E-state index contributed by atoms with van der Waals surface area (Å²) in [5.74, 6) is -0.848. The Balaban J connectivity index is 2.49. The van der Waals surface area contributed by atoms with Gasteiger partial charge >= 0.3 is 8.80 Å². The van der Waals surface area contributed by atoms with Crippen molar-refractivity contribution in [2.24, 2.45) is 0 Å². The van der Waals surface area contributed by atoms with Crippen LogP contribution in [0.25, 0.3) is 10.8 Å². The van der Waals surface area contributed by atoms with Crippen molar-refractivity contribution in [3.05, 3.63) is 48.0 Å². The Kier molecular flexibility index (Phi) is 7.68. The molecule has 0 saturated heterocycles. The highest BCUT2D eigenvalue weighted by Crippen LogP contribution is 2.31. The summed E-state index contributed by atoms with van der Waals surface area (Å²) in [7, 11) is -3.14. The third-order valence-electron chi connectivity index (χ3n) is 4.07. The van der Waals surface area contributed by atoms with Crippen molar-refractivity contribution in [1.82, 2.24) is 0 Å². The van der Waals surface area contributed by atoms with E-state index >= 15 is 0 Å². The van der Waals surface area contributed by atoms with Crippen molar-refractivity contribution in [2.75, 3.05) is 0 Å². The minimum Gasteiger partial charge on any atom is -0.371 e. The molecule has 0 spiro atoms. The van der Waals surface area contributed by atoms with Crippen molar-refractivity contribution in [2.45, 2.75) is 92.0 Å². The molecule has 0 aliphatic carbocycles. The Morgan fingerprint density at radius 2 is 1.34 bits per heavy atom. The van der Waals surface area contributed by atoms with Gasteiger partial charge in [0.2, 0.25) is 0 Å². The monoisotopic (exact) mass is 418 g/mol. The second-order valence-electron chi connectivity index (χ2n) is 9.55. The molecule has 2 aromatic rings. The van der Waals surface area contributed by atoms with E-state index in [0.29, 0.717) is 6.04 Å². The lowest BCUT2D eigenvalue weighted by molar-refractivity contribution is -0.237. The maximum atomic E-state index is 6.65. The Morgan fingerprint density at radius 3 is 1.90 bits per heavy atom. The Hall–Kier alpha value is -1.24. The van der Waals surface area contributed by atoms with E-state index in [0.717, 1.165) is 0 Å². The summed E-state index contributed by atoms with van der Waals surface area (Å²) in [4.78, 5) is 0. The standard InChI is InChI=1S/C24H38O4Si/c1-18(2)25-29(26-19(3)4,28-24(8,9)27-23(5,6)7)17-21-15-12-14-20-13-10-11-16-22(20)21/h10-16,18-19H,17H2,1-9H3. The first-order valence-electron chi connectivity index (χ1n) is 10.5. The van der Waals surface area contributed by atoms with Crippen LogP contribution in [0, 0.1) is 0 Å². The van der Waals surface area contributed by atoms with Crippen LogP contribution >= 0.6 is 0 Å². The van der Waals surface area contributed by atoms with E-state index in [1.165, 1.54) is 16.3 Å². The molecule has 0 heterocycles. The van der Waals surface area contributed by atoms with E-state index in [1.807, 2.05) is 62.3 Å². The lowest BCUT2D eigenvalue weighted by Gasteiger charge is -2.42. The maximum absolute atomic E-state index is 6.65. The zero-order valence-electron chi connectivity index (χ0n) is 19.5. The lowest BCUT2D eigenvalue weighted by atomic mass is 10.1. The van der Waals surface area contributed by atoms with Gasteiger partial charge in [0.15, 0.2) is 5.79 Å². The van der Waals surface area contributed by atoms with Crippen molar-refractivity contribution in [1.29, 1.82) is 0 Å². The van der Waals surface area contributed by atoms with E-state index in [9.17, 15) is 0 Å². The fourth-order valence-corrected chi connectivity index (χ4v) is 7.12. The summed E-state index contributed by atoms with van der Waals surface area (Å²) in [6, 6.07) is 15.3. The molecule has 2 rings (SSSR count). The molecule has 0 fully saturated rings. The molecule has 0 aliphatic rings. The number of fused-ring (bicyclic) bond motifs is 1. The molecule has 0 unspecified atom stereocenters. The van der Waals surface area contributed by atoms with Gasteiger partial charge in [0.1, 0.15) is 0 Å². The van der Waals surface area contributed by atoms with Gasteiger partial charge in [-0.2, -0.15) is 0 Å². The number of rotatable bonds is 9. The number of hydrogen-bond donors (Lipinski definition) is 0. The van der Waals surface area contributed by atoms with Gasteiger partial charge in [-0.05, 0) is 78.6 Å². The predicted octanol–water partition coefficient (Wildman–Crippen LogP) is 6.28. The van der Waals surface area contributed by atoms with Crippen LogP contribution in [0.15, 0.2) is 42.5 Å². The molecule has 162 valence electrons. The number of benzene rings is 2. The van der Waals surface area contributed by atoms with Crippen LogP contribution in [-0.2, 0) is 24.1 Å². The second-order valence-corrected chi connectivity index (χ2v) is 11.9. The van der Waals surface area contributed by atoms with Crippen LogP contribution in [-0.4, -0.2) is 32.4 Å². The average molecular weight is 419 g/mol. The normalized spacial score (nSPS) is 13.6. The summed E-state index contributed by atoms with van der Waals surface area (Å²) in [6.45, 7) is 18.1. The van der Waals surface area contributed by atoms with E-state index in [1.54, 1.807) is 0 Å². The van der Waals surface area contributed by atoms with Crippen LogP contribution in [0.2, 0.25) is 0 Å². The Morgan fingerprint density at radius 1 is 0.793 bits per heavy atom. The number of hydrogen-bond acceptors (Lipinski definition) is 4. The van der Waals surface area contributed by atoms with Crippen LogP contribution in [0.3, 0.4) is 0 Å². The Bertz CT molecular complexity index is 778. The highest BCUT2D eigenvalue weighted by atomic mass is 28.4. The molecule has 0 radical (unpaired) electrons. The molecule has 29 heavy (non-hydrogen) atoms. The summed E-state index contributed by atoms with van der Waals surface area (Å²) >= 11 is 0. The largest absolute Gasteiger partial charge is 0.508 e. The van der Waals surface area contributed by atoms with Crippen molar-refractivity contribution >= 4 is 19.6 Å². The molecule has 0 atom stereocenters. The summed E-state index contributed by atoms with van der Waals surface area (Å²) in [5.41, 5.74) is 0.821. The molecule has 0 saturated carbocycles. The highest BCUT2D eigenvalue weighted by Gasteiger charge is 2.49. The predicted molar refractivity (Wildman–Crippen MR) is 122 cm³/mol. The molecule has 5 heteroatoms. The number of ether oxygens (including phenoxy) is 1. The van der Waals surface area contributed by atoms with Crippen LogP contribution < -0.4 is 0 Å². The summed E-state index contributed by atoms with van der Waals surface area (Å²) < 4.78 is 25.8. The topological polar surface area (TPSA) is 36.9 Å². The zero-order chi connectivity index (χ0) is 21.9. The molecule has 0 amide bonds.